The van der Waals surface area contributed by atoms with Gasteiger partial charge in [-0.15, -0.1) is 11.8 Å². The van der Waals surface area contributed by atoms with E-state index in [-0.39, 0.29) is 23.2 Å². The highest BCUT2D eigenvalue weighted by molar-refractivity contribution is 7.99. The van der Waals surface area contributed by atoms with Crippen molar-refractivity contribution in [2.75, 3.05) is 32.5 Å². The minimum Gasteiger partial charge on any atom is -0.497 e. The standard InChI is InChI=1S/C28H31ClF2N2O4S/c1-37-20-4-6-24-21(14-20)28(22(29)15-32-24)25(34)7-2-17-8-9-33(16-18(17)12-27(35)36)10-11-38-26-13-19(30)3-5-23(26)31/h3-6,13-15,17-18,25,34H,2,7-12,16H2,1H3,(H,35,36). The number of nitrogens with zero attached hydrogens (tertiary/aromatic N) is 2. The van der Waals surface area contributed by atoms with Crippen LogP contribution in [0.3, 0.4) is 0 Å². The van der Waals surface area contributed by atoms with Gasteiger partial charge in [-0.05, 0) is 74.0 Å². The molecule has 3 atom stereocenters. The molecule has 2 N–H and O–H groups in total. The average Bonchev–Trinajstić information content (AvgIpc) is 2.89. The highest BCUT2D eigenvalue weighted by Gasteiger charge is 2.31. The Balaban J connectivity index is 1.38. The zero-order valence-corrected chi connectivity index (χ0v) is 22.7. The van der Waals surface area contributed by atoms with Crippen LogP contribution in [0.1, 0.15) is 37.4 Å². The molecule has 1 saturated heterocycles. The number of benzene rings is 2. The van der Waals surface area contributed by atoms with E-state index in [0.717, 1.165) is 30.5 Å². The van der Waals surface area contributed by atoms with Gasteiger partial charge in [0.2, 0.25) is 0 Å². The largest absolute Gasteiger partial charge is 0.497 e. The van der Waals surface area contributed by atoms with E-state index in [9.17, 15) is 23.8 Å². The molecule has 1 aliphatic rings. The van der Waals surface area contributed by atoms with Crippen molar-refractivity contribution in [2.45, 2.75) is 36.7 Å². The molecule has 1 fully saturated rings. The van der Waals surface area contributed by atoms with Crippen molar-refractivity contribution in [3.8, 4) is 5.75 Å². The lowest BCUT2D eigenvalue weighted by atomic mass is 9.79. The average molecular weight is 565 g/mol. The monoisotopic (exact) mass is 564 g/mol. The quantitative estimate of drug-likeness (QED) is 0.269. The van der Waals surface area contributed by atoms with Crippen LogP contribution in [0.5, 0.6) is 5.75 Å². The SMILES string of the molecule is COc1ccc2ncc(Cl)c(C(O)CCC3CCN(CCSc4cc(F)ccc4F)CC3CC(=O)O)c2c1. The first kappa shape index (κ1) is 28.5. The summed E-state index contributed by atoms with van der Waals surface area (Å²) < 4.78 is 32.7. The first-order valence-electron chi connectivity index (χ1n) is 12.6. The van der Waals surface area contributed by atoms with Gasteiger partial charge in [0.15, 0.2) is 0 Å². The van der Waals surface area contributed by atoms with Crippen molar-refractivity contribution in [3.63, 3.8) is 0 Å². The van der Waals surface area contributed by atoms with E-state index in [0.29, 0.717) is 53.5 Å². The minimum atomic E-state index is -0.853. The summed E-state index contributed by atoms with van der Waals surface area (Å²) in [6, 6.07) is 8.85. The fourth-order valence-corrected chi connectivity index (χ4v) is 6.46. The zero-order chi connectivity index (χ0) is 27.2. The molecule has 3 unspecified atom stereocenters. The van der Waals surface area contributed by atoms with E-state index in [1.807, 2.05) is 12.1 Å². The van der Waals surface area contributed by atoms with Crippen LogP contribution in [0.15, 0.2) is 47.5 Å². The molecule has 1 aliphatic heterocycles. The van der Waals surface area contributed by atoms with Gasteiger partial charge in [0, 0.05) is 47.3 Å². The van der Waals surface area contributed by atoms with Crippen LogP contribution in [0, 0.1) is 23.5 Å². The molecule has 10 heteroatoms. The van der Waals surface area contributed by atoms with Gasteiger partial charge in [-0.2, -0.15) is 0 Å². The molecule has 0 aliphatic carbocycles. The number of pyridine rings is 1. The topological polar surface area (TPSA) is 82.9 Å². The number of likely N-dealkylation sites (tertiary alicyclic amines) is 1. The highest BCUT2D eigenvalue weighted by atomic mass is 35.5. The molecule has 2 aromatic carbocycles. The van der Waals surface area contributed by atoms with Crippen molar-refractivity contribution in [1.82, 2.24) is 9.88 Å². The number of carbonyl (C=O) groups is 1. The van der Waals surface area contributed by atoms with Gasteiger partial charge in [-0.25, -0.2) is 8.78 Å². The molecule has 204 valence electrons. The van der Waals surface area contributed by atoms with Crippen LogP contribution in [-0.4, -0.2) is 58.6 Å². The normalized spacial score (nSPS) is 19.0. The number of aliphatic hydroxyl groups excluding tert-OH is 1. The first-order valence-corrected chi connectivity index (χ1v) is 13.9. The summed E-state index contributed by atoms with van der Waals surface area (Å²) >= 11 is 7.70. The molecule has 6 nitrogen and oxygen atoms in total. The second kappa shape index (κ2) is 13.1. The predicted molar refractivity (Wildman–Crippen MR) is 145 cm³/mol. The summed E-state index contributed by atoms with van der Waals surface area (Å²) in [6.45, 7) is 2.03. The van der Waals surface area contributed by atoms with Crippen molar-refractivity contribution in [3.05, 3.63) is 64.8 Å². The number of ether oxygens (including phenoxy) is 1. The predicted octanol–water partition coefficient (Wildman–Crippen LogP) is 6.19. The van der Waals surface area contributed by atoms with Gasteiger partial charge in [-0.1, -0.05) is 11.6 Å². The number of aromatic nitrogens is 1. The van der Waals surface area contributed by atoms with E-state index in [4.69, 9.17) is 16.3 Å². The number of carboxylic acids is 1. The zero-order valence-electron chi connectivity index (χ0n) is 21.1. The number of thioether (sulfide) groups is 1. The number of methoxy groups -OCH3 is 1. The van der Waals surface area contributed by atoms with Gasteiger partial charge in [-0.3, -0.25) is 9.78 Å². The lowest BCUT2D eigenvalue weighted by molar-refractivity contribution is -0.139. The van der Waals surface area contributed by atoms with Crippen molar-refractivity contribution in [2.24, 2.45) is 11.8 Å². The molecule has 4 rings (SSSR count). The number of hydrogen-bond donors (Lipinski definition) is 2. The molecule has 0 saturated carbocycles. The fraction of sp³-hybridized carbons (Fsp3) is 0.429. The van der Waals surface area contributed by atoms with Crippen molar-refractivity contribution < 1.29 is 28.5 Å². The Morgan fingerprint density at radius 2 is 2.08 bits per heavy atom. The Hall–Kier alpha value is -2.46. The Labute approximate surface area is 230 Å². The third-order valence-corrected chi connectivity index (χ3v) is 8.49. The van der Waals surface area contributed by atoms with E-state index in [2.05, 4.69) is 9.88 Å². The molecule has 1 aromatic heterocycles. The Bertz CT molecular complexity index is 1280. The summed E-state index contributed by atoms with van der Waals surface area (Å²) in [7, 11) is 1.57. The number of hydrogen-bond acceptors (Lipinski definition) is 6. The summed E-state index contributed by atoms with van der Waals surface area (Å²) in [6.07, 6.45) is 2.63. The molecule has 0 radical (unpaired) electrons. The Morgan fingerprint density at radius 3 is 2.84 bits per heavy atom. The maximum atomic E-state index is 13.9. The summed E-state index contributed by atoms with van der Waals surface area (Å²) in [5, 5.41) is 21.8. The number of aliphatic carboxylic acids is 1. The van der Waals surface area contributed by atoms with E-state index in [1.165, 1.54) is 24.0 Å². The van der Waals surface area contributed by atoms with Gasteiger partial charge >= 0.3 is 5.97 Å². The maximum Gasteiger partial charge on any atom is 0.303 e. The number of piperidine rings is 1. The third-order valence-electron chi connectivity index (χ3n) is 7.18. The van der Waals surface area contributed by atoms with E-state index >= 15 is 0 Å². The van der Waals surface area contributed by atoms with Crippen molar-refractivity contribution in [1.29, 1.82) is 0 Å². The first-order chi connectivity index (χ1) is 18.2. The molecule has 2 heterocycles. The molecular formula is C28H31ClF2N2O4S. The molecule has 38 heavy (non-hydrogen) atoms. The minimum absolute atomic E-state index is 0.0407. The number of fused-ring (bicyclic) bond motifs is 1. The number of rotatable bonds is 11. The summed E-state index contributed by atoms with van der Waals surface area (Å²) in [5.41, 5.74) is 1.31. The number of carboxylic acid groups (broad SMARTS) is 1. The van der Waals surface area contributed by atoms with Crippen LogP contribution in [-0.2, 0) is 4.79 Å². The van der Waals surface area contributed by atoms with Crippen LogP contribution in [0.4, 0.5) is 8.78 Å². The lowest BCUT2D eigenvalue weighted by Gasteiger charge is -2.38. The molecular weight excluding hydrogens is 534 g/mol. The maximum absolute atomic E-state index is 13.9. The molecule has 0 amide bonds. The van der Waals surface area contributed by atoms with Crippen LogP contribution >= 0.6 is 23.4 Å². The van der Waals surface area contributed by atoms with Gasteiger partial charge in [0.05, 0.1) is 23.8 Å². The number of aliphatic hydroxyl groups is 1. The highest BCUT2D eigenvalue weighted by Crippen LogP contribution is 2.37. The van der Waals surface area contributed by atoms with Crippen molar-refractivity contribution >= 4 is 40.2 Å². The lowest BCUT2D eigenvalue weighted by Crippen LogP contribution is -2.42. The van der Waals surface area contributed by atoms with Crippen LogP contribution in [0.2, 0.25) is 5.02 Å². The van der Waals surface area contributed by atoms with Gasteiger partial charge < -0.3 is 19.8 Å². The van der Waals surface area contributed by atoms with Gasteiger partial charge in [0.25, 0.3) is 0 Å². The second-order valence-corrected chi connectivity index (χ2v) is 11.2. The molecule has 0 bridgehead atoms. The fourth-order valence-electron chi connectivity index (χ4n) is 5.22. The Morgan fingerprint density at radius 1 is 1.26 bits per heavy atom. The van der Waals surface area contributed by atoms with Crippen LogP contribution < -0.4 is 4.74 Å². The molecule has 3 aromatic rings. The third kappa shape index (κ3) is 7.14. The smallest absolute Gasteiger partial charge is 0.303 e. The Kier molecular flexibility index (Phi) is 9.81. The summed E-state index contributed by atoms with van der Waals surface area (Å²) in [4.78, 5) is 18.4. The summed E-state index contributed by atoms with van der Waals surface area (Å²) in [5.74, 6) is -0.505. The van der Waals surface area contributed by atoms with Crippen LogP contribution in [0.25, 0.3) is 10.9 Å². The molecule has 0 spiro atoms. The second-order valence-electron chi connectivity index (χ2n) is 9.63. The van der Waals surface area contributed by atoms with Gasteiger partial charge in [0.1, 0.15) is 17.4 Å². The van der Waals surface area contributed by atoms with E-state index in [1.54, 1.807) is 13.2 Å². The number of halogens is 3. The van der Waals surface area contributed by atoms with E-state index < -0.39 is 23.7 Å².